The highest BCUT2D eigenvalue weighted by atomic mass is 16.4. The van der Waals surface area contributed by atoms with Gasteiger partial charge in [-0.05, 0) is 33.4 Å². The van der Waals surface area contributed by atoms with E-state index >= 15 is 0 Å². The van der Waals surface area contributed by atoms with Crippen molar-refractivity contribution < 1.29 is 14.7 Å². The highest BCUT2D eigenvalue weighted by Crippen LogP contribution is 2.14. The predicted octanol–water partition coefficient (Wildman–Crippen LogP) is 1.08. The quantitative estimate of drug-likeness (QED) is 0.728. The zero-order valence-corrected chi connectivity index (χ0v) is 12.9. The van der Waals surface area contributed by atoms with Crippen molar-refractivity contribution in [2.75, 3.05) is 33.7 Å². The van der Waals surface area contributed by atoms with Gasteiger partial charge in [-0.3, -0.25) is 4.79 Å². The molecule has 0 heterocycles. The Balaban J connectivity index is 4.45. The minimum Gasteiger partial charge on any atom is -0.480 e. The molecular weight excluding hydrogens is 246 g/mol. The molecule has 2 N–H and O–H groups in total. The molecule has 19 heavy (non-hydrogen) atoms. The van der Waals surface area contributed by atoms with E-state index in [-0.39, 0.29) is 24.0 Å². The Morgan fingerprint density at radius 3 is 2.16 bits per heavy atom. The lowest BCUT2D eigenvalue weighted by Gasteiger charge is -2.31. The number of amides is 2. The number of carboxylic acids is 1. The molecule has 0 aliphatic carbocycles. The molecule has 6 heteroatoms. The first kappa shape index (κ1) is 17.7. The van der Waals surface area contributed by atoms with Gasteiger partial charge in [0.15, 0.2) is 0 Å². The second-order valence-electron chi connectivity index (χ2n) is 6.18. The third kappa shape index (κ3) is 7.66. The highest BCUT2D eigenvalue weighted by molar-refractivity contribution is 5.80. The molecular formula is C13H27N3O3. The lowest BCUT2D eigenvalue weighted by atomic mass is 9.93. The van der Waals surface area contributed by atoms with Gasteiger partial charge in [0.1, 0.15) is 6.54 Å². The molecule has 0 unspecified atom stereocenters. The molecule has 0 fully saturated rings. The number of nitrogens with zero attached hydrogens (tertiary/aromatic N) is 2. The average molecular weight is 273 g/mol. The molecule has 0 aliphatic heterocycles. The molecule has 112 valence electrons. The second kappa shape index (κ2) is 7.33. The maximum atomic E-state index is 12.0. The van der Waals surface area contributed by atoms with Gasteiger partial charge in [-0.1, -0.05) is 13.8 Å². The number of aliphatic carboxylic acids is 1. The first-order valence-corrected chi connectivity index (χ1v) is 6.46. The van der Waals surface area contributed by atoms with Gasteiger partial charge >= 0.3 is 12.0 Å². The van der Waals surface area contributed by atoms with Crippen molar-refractivity contribution in [3.63, 3.8) is 0 Å². The third-order valence-corrected chi connectivity index (χ3v) is 2.65. The topological polar surface area (TPSA) is 72.9 Å². The fourth-order valence-corrected chi connectivity index (χ4v) is 1.96. The minimum absolute atomic E-state index is 0.0645. The zero-order chi connectivity index (χ0) is 15.2. The lowest BCUT2D eigenvalue weighted by molar-refractivity contribution is -0.138. The van der Waals surface area contributed by atoms with Crippen LogP contribution in [-0.4, -0.2) is 66.7 Å². The summed E-state index contributed by atoms with van der Waals surface area (Å²) in [5.74, 6) is -1.00. The fraction of sp³-hybridized carbons (Fsp3) is 0.846. The van der Waals surface area contributed by atoms with Crippen LogP contribution in [0, 0.1) is 5.41 Å². The molecule has 0 aromatic carbocycles. The molecule has 0 bridgehead atoms. The number of carbonyl (C=O) groups excluding carboxylic acids is 1. The molecule has 0 aliphatic rings. The molecule has 0 radical (unpaired) electrons. The summed E-state index contributed by atoms with van der Waals surface area (Å²) in [5, 5.41) is 11.6. The Morgan fingerprint density at radius 2 is 1.79 bits per heavy atom. The first-order chi connectivity index (χ1) is 8.55. The van der Waals surface area contributed by atoms with Crippen molar-refractivity contribution in [2.24, 2.45) is 5.41 Å². The van der Waals surface area contributed by atoms with Gasteiger partial charge in [-0.25, -0.2) is 4.79 Å². The number of hydrogen-bond acceptors (Lipinski definition) is 3. The maximum Gasteiger partial charge on any atom is 0.323 e. The summed E-state index contributed by atoms with van der Waals surface area (Å²) in [7, 11) is 3.96. The summed E-state index contributed by atoms with van der Waals surface area (Å²) < 4.78 is 0. The zero-order valence-electron chi connectivity index (χ0n) is 12.9. The number of nitrogens with one attached hydrogen (secondary N) is 1. The van der Waals surface area contributed by atoms with E-state index in [9.17, 15) is 9.59 Å². The van der Waals surface area contributed by atoms with E-state index in [2.05, 4.69) is 24.1 Å². The normalized spacial score (nSPS) is 11.8. The van der Waals surface area contributed by atoms with E-state index in [1.54, 1.807) is 13.8 Å². The van der Waals surface area contributed by atoms with E-state index < -0.39 is 5.97 Å². The number of hydrogen-bond donors (Lipinski definition) is 2. The van der Waals surface area contributed by atoms with Gasteiger partial charge in [0.2, 0.25) is 0 Å². The van der Waals surface area contributed by atoms with Crippen molar-refractivity contribution in [3.8, 4) is 0 Å². The van der Waals surface area contributed by atoms with Crippen LogP contribution in [-0.2, 0) is 4.79 Å². The van der Waals surface area contributed by atoms with Crippen LogP contribution in [0.25, 0.3) is 0 Å². The molecule has 0 aromatic heterocycles. The van der Waals surface area contributed by atoms with E-state index in [1.807, 2.05) is 14.1 Å². The van der Waals surface area contributed by atoms with Gasteiger partial charge in [-0.2, -0.15) is 0 Å². The van der Waals surface area contributed by atoms with Gasteiger partial charge in [-0.15, -0.1) is 0 Å². The Kier molecular flexibility index (Phi) is 6.83. The van der Waals surface area contributed by atoms with Crippen LogP contribution >= 0.6 is 0 Å². The standard InChI is InChI=1S/C13H27N3O3/c1-10(2)16(7-11(17)18)12(19)14-8-13(3,4)9-15(5)6/h10H,7-9H2,1-6H3,(H,14,19)(H,17,18). The van der Waals surface area contributed by atoms with Crippen molar-refractivity contribution in [3.05, 3.63) is 0 Å². The van der Waals surface area contributed by atoms with Crippen molar-refractivity contribution in [1.82, 2.24) is 15.1 Å². The Hall–Kier alpha value is -1.30. The predicted molar refractivity (Wildman–Crippen MR) is 75.2 cm³/mol. The lowest BCUT2D eigenvalue weighted by Crippen LogP contribution is -2.49. The summed E-state index contributed by atoms with van der Waals surface area (Å²) in [4.78, 5) is 26.1. The van der Waals surface area contributed by atoms with Crippen LogP contribution in [0.3, 0.4) is 0 Å². The Bertz CT molecular complexity index is 314. The summed E-state index contributed by atoms with van der Waals surface area (Å²) in [6.07, 6.45) is 0. The third-order valence-electron chi connectivity index (χ3n) is 2.65. The molecule has 2 amide bonds. The Labute approximate surface area is 115 Å². The summed E-state index contributed by atoms with van der Waals surface area (Å²) in [6, 6.07) is -0.475. The van der Waals surface area contributed by atoms with E-state index in [0.717, 1.165) is 6.54 Å². The van der Waals surface area contributed by atoms with Crippen LogP contribution in [0.2, 0.25) is 0 Å². The summed E-state index contributed by atoms with van der Waals surface area (Å²) in [6.45, 7) is 8.79. The molecule has 0 rings (SSSR count). The van der Waals surface area contributed by atoms with Crippen LogP contribution in [0.4, 0.5) is 4.79 Å². The largest absolute Gasteiger partial charge is 0.480 e. The van der Waals surface area contributed by atoms with Gasteiger partial charge in [0.05, 0.1) is 0 Å². The second-order valence-corrected chi connectivity index (χ2v) is 6.18. The monoisotopic (exact) mass is 273 g/mol. The average Bonchev–Trinajstić information content (AvgIpc) is 2.20. The molecule has 0 saturated heterocycles. The highest BCUT2D eigenvalue weighted by Gasteiger charge is 2.24. The minimum atomic E-state index is -1.00. The number of carbonyl (C=O) groups is 2. The van der Waals surface area contributed by atoms with Crippen LogP contribution < -0.4 is 5.32 Å². The molecule has 0 saturated carbocycles. The SMILES string of the molecule is CC(C)N(CC(=O)O)C(=O)NCC(C)(C)CN(C)C. The van der Waals surface area contributed by atoms with E-state index in [4.69, 9.17) is 5.11 Å². The summed E-state index contributed by atoms with van der Waals surface area (Å²) >= 11 is 0. The fourth-order valence-electron chi connectivity index (χ4n) is 1.96. The van der Waals surface area contributed by atoms with Crippen molar-refractivity contribution in [2.45, 2.75) is 33.7 Å². The molecule has 6 nitrogen and oxygen atoms in total. The summed E-state index contributed by atoms with van der Waals surface area (Å²) in [5.41, 5.74) is -0.0645. The maximum absolute atomic E-state index is 12.0. The van der Waals surface area contributed by atoms with Gasteiger partial charge in [0, 0.05) is 19.1 Å². The smallest absolute Gasteiger partial charge is 0.323 e. The number of rotatable bonds is 7. The van der Waals surface area contributed by atoms with Gasteiger partial charge in [0.25, 0.3) is 0 Å². The van der Waals surface area contributed by atoms with Crippen LogP contribution in [0.15, 0.2) is 0 Å². The molecule has 0 atom stereocenters. The van der Waals surface area contributed by atoms with E-state index in [1.165, 1.54) is 4.90 Å². The van der Waals surface area contributed by atoms with Crippen LogP contribution in [0.1, 0.15) is 27.7 Å². The Morgan fingerprint density at radius 1 is 1.26 bits per heavy atom. The molecule has 0 aromatic rings. The van der Waals surface area contributed by atoms with Crippen LogP contribution in [0.5, 0.6) is 0 Å². The van der Waals surface area contributed by atoms with Gasteiger partial charge < -0.3 is 20.2 Å². The number of urea groups is 1. The van der Waals surface area contributed by atoms with E-state index in [0.29, 0.717) is 6.54 Å². The van der Waals surface area contributed by atoms with Crippen molar-refractivity contribution in [1.29, 1.82) is 0 Å². The molecule has 0 spiro atoms. The van der Waals surface area contributed by atoms with Crippen molar-refractivity contribution >= 4 is 12.0 Å². The first-order valence-electron chi connectivity index (χ1n) is 6.46. The number of carboxylic acid groups (broad SMARTS) is 1.